The van der Waals surface area contributed by atoms with Crippen molar-refractivity contribution >= 4 is 27.5 Å². The summed E-state index contributed by atoms with van der Waals surface area (Å²) in [5, 5.41) is 3.36. The van der Waals surface area contributed by atoms with Crippen LogP contribution in [0.15, 0.2) is 59.1 Å². The van der Waals surface area contributed by atoms with Crippen molar-refractivity contribution in [2.24, 2.45) is 0 Å². The van der Waals surface area contributed by atoms with Gasteiger partial charge in [0.2, 0.25) is 5.91 Å². The van der Waals surface area contributed by atoms with Gasteiger partial charge >= 0.3 is 0 Å². The zero-order chi connectivity index (χ0) is 16.1. The highest BCUT2D eigenvalue weighted by atomic mass is 79.9. The van der Waals surface area contributed by atoms with E-state index in [9.17, 15) is 4.79 Å². The van der Waals surface area contributed by atoms with Crippen molar-refractivity contribution in [3.05, 3.63) is 64.6 Å². The molecule has 0 fully saturated rings. The fourth-order valence-electron chi connectivity index (χ4n) is 2.36. The number of para-hydroxylation sites is 1. The molecule has 1 N–H and O–H groups in total. The van der Waals surface area contributed by atoms with Crippen molar-refractivity contribution in [1.82, 2.24) is 5.32 Å². The second-order valence-electron chi connectivity index (χ2n) is 5.39. The molecule has 0 saturated carbocycles. The molecule has 0 saturated heterocycles. The monoisotopic (exact) mass is 360 g/mol. The standard InChI is InChI=1S/C18H21BrN2O/c1-13(15-9-11-16(19)12-10-15)20-14(2)18(22)21(3)17-7-5-4-6-8-17/h4-14,20H,1-3H3/t13-,14+/m0/s1. The molecule has 2 aromatic carbocycles. The molecule has 0 heterocycles. The summed E-state index contributed by atoms with van der Waals surface area (Å²) in [6.45, 7) is 3.96. The fourth-order valence-corrected chi connectivity index (χ4v) is 2.63. The molecule has 0 spiro atoms. The van der Waals surface area contributed by atoms with Gasteiger partial charge < -0.3 is 4.90 Å². The van der Waals surface area contributed by atoms with Crippen molar-refractivity contribution in [3.63, 3.8) is 0 Å². The minimum atomic E-state index is -0.260. The number of hydrogen-bond donors (Lipinski definition) is 1. The number of rotatable bonds is 5. The number of carbonyl (C=O) groups is 1. The van der Waals surface area contributed by atoms with Crippen LogP contribution in [0.2, 0.25) is 0 Å². The Balaban J connectivity index is 2.00. The number of amides is 1. The molecule has 2 aromatic rings. The smallest absolute Gasteiger partial charge is 0.243 e. The number of carbonyl (C=O) groups excluding carboxylic acids is 1. The lowest BCUT2D eigenvalue weighted by molar-refractivity contribution is -0.120. The van der Waals surface area contributed by atoms with Crippen LogP contribution >= 0.6 is 15.9 Å². The van der Waals surface area contributed by atoms with Gasteiger partial charge in [-0.15, -0.1) is 0 Å². The van der Waals surface area contributed by atoms with Crippen molar-refractivity contribution in [2.75, 3.05) is 11.9 Å². The SMILES string of the molecule is C[C@H](N[C@H](C)C(=O)N(C)c1ccccc1)c1ccc(Br)cc1. The molecule has 0 aliphatic heterocycles. The predicted molar refractivity (Wildman–Crippen MR) is 95.0 cm³/mol. The van der Waals surface area contributed by atoms with Crippen LogP contribution in [0.25, 0.3) is 0 Å². The lowest BCUT2D eigenvalue weighted by Crippen LogP contribution is -2.44. The first-order valence-corrected chi connectivity index (χ1v) is 8.12. The highest BCUT2D eigenvalue weighted by Gasteiger charge is 2.20. The van der Waals surface area contributed by atoms with E-state index in [1.54, 1.807) is 11.9 Å². The Kier molecular flexibility index (Phi) is 5.75. The third-order valence-electron chi connectivity index (χ3n) is 3.71. The van der Waals surface area contributed by atoms with Gasteiger partial charge in [-0.25, -0.2) is 0 Å². The predicted octanol–water partition coefficient (Wildman–Crippen LogP) is 4.15. The minimum Gasteiger partial charge on any atom is -0.314 e. The first-order valence-electron chi connectivity index (χ1n) is 7.33. The zero-order valence-corrected chi connectivity index (χ0v) is 14.7. The van der Waals surface area contributed by atoms with Crippen LogP contribution in [-0.2, 0) is 4.79 Å². The van der Waals surface area contributed by atoms with Crippen LogP contribution in [0.1, 0.15) is 25.5 Å². The van der Waals surface area contributed by atoms with Crippen molar-refractivity contribution < 1.29 is 4.79 Å². The molecule has 3 nitrogen and oxygen atoms in total. The average Bonchev–Trinajstić information content (AvgIpc) is 2.54. The van der Waals surface area contributed by atoms with E-state index in [4.69, 9.17) is 0 Å². The van der Waals surface area contributed by atoms with Gasteiger partial charge in [-0.2, -0.15) is 0 Å². The Morgan fingerprint density at radius 2 is 1.64 bits per heavy atom. The van der Waals surface area contributed by atoms with Gasteiger partial charge in [0.1, 0.15) is 0 Å². The summed E-state index contributed by atoms with van der Waals surface area (Å²) in [7, 11) is 1.81. The summed E-state index contributed by atoms with van der Waals surface area (Å²) < 4.78 is 1.05. The molecule has 2 rings (SSSR count). The maximum absolute atomic E-state index is 12.5. The molecule has 22 heavy (non-hydrogen) atoms. The van der Waals surface area contributed by atoms with Gasteiger partial charge in [-0.05, 0) is 43.7 Å². The van der Waals surface area contributed by atoms with E-state index >= 15 is 0 Å². The van der Waals surface area contributed by atoms with Gasteiger partial charge in [0.15, 0.2) is 0 Å². The maximum atomic E-state index is 12.5. The molecule has 0 aromatic heterocycles. The van der Waals surface area contributed by atoms with Crippen LogP contribution in [-0.4, -0.2) is 19.0 Å². The number of benzene rings is 2. The van der Waals surface area contributed by atoms with Gasteiger partial charge in [0, 0.05) is 23.2 Å². The second kappa shape index (κ2) is 7.56. The van der Waals surface area contributed by atoms with E-state index in [-0.39, 0.29) is 18.0 Å². The average molecular weight is 361 g/mol. The third kappa shape index (κ3) is 4.18. The van der Waals surface area contributed by atoms with Crippen LogP contribution in [0.4, 0.5) is 5.69 Å². The molecule has 0 radical (unpaired) electrons. The molecule has 1 amide bonds. The first kappa shape index (κ1) is 16.7. The van der Waals surface area contributed by atoms with Crippen molar-refractivity contribution in [2.45, 2.75) is 25.9 Å². The first-order chi connectivity index (χ1) is 10.5. The third-order valence-corrected chi connectivity index (χ3v) is 4.24. The van der Waals surface area contributed by atoms with Crippen LogP contribution in [0.5, 0.6) is 0 Å². The van der Waals surface area contributed by atoms with Gasteiger partial charge in [-0.1, -0.05) is 46.3 Å². The molecule has 0 aliphatic carbocycles. The van der Waals surface area contributed by atoms with E-state index in [0.29, 0.717) is 0 Å². The van der Waals surface area contributed by atoms with E-state index in [0.717, 1.165) is 15.7 Å². The molecule has 116 valence electrons. The number of likely N-dealkylation sites (N-methyl/N-ethyl adjacent to an activating group) is 1. The highest BCUT2D eigenvalue weighted by molar-refractivity contribution is 9.10. The summed E-state index contributed by atoms with van der Waals surface area (Å²) in [4.78, 5) is 14.2. The lowest BCUT2D eigenvalue weighted by Gasteiger charge is -2.25. The van der Waals surface area contributed by atoms with Gasteiger partial charge in [0.25, 0.3) is 0 Å². The fraction of sp³-hybridized carbons (Fsp3) is 0.278. The molecule has 4 heteroatoms. The quantitative estimate of drug-likeness (QED) is 0.868. The summed E-state index contributed by atoms with van der Waals surface area (Å²) in [6.07, 6.45) is 0. The zero-order valence-electron chi connectivity index (χ0n) is 13.1. The largest absolute Gasteiger partial charge is 0.314 e. The Hall–Kier alpha value is -1.65. The number of nitrogens with one attached hydrogen (secondary N) is 1. The summed E-state index contributed by atoms with van der Waals surface area (Å²) in [5.41, 5.74) is 2.06. The number of hydrogen-bond acceptors (Lipinski definition) is 2. The molecule has 2 atom stereocenters. The number of anilines is 1. The van der Waals surface area contributed by atoms with Crippen LogP contribution in [0.3, 0.4) is 0 Å². The van der Waals surface area contributed by atoms with Crippen molar-refractivity contribution in [1.29, 1.82) is 0 Å². The Morgan fingerprint density at radius 3 is 2.23 bits per heavy atom. The maximum Gasteiger partial charge on any atom is 0.243 e. The molecule has 0 aliphatic rings. The Labute approximate surface area is 140 Å². The van der Waals surface area contributed by atoms with Crippen molar-refractivity contribution in [3.8, 4) is 0 Å². The second-order valence-corrected chi connectivity index (χ2v) is 6.31. The highest BCUT2D eigenvalue weighted by Crippen LogP contribution is 2.18. The van der Waals surface area contributed by atoms with Crippen LogP contribution in [0, 0.1) is 0 Å². The summed E-state index contributed by atoms with van der Waals surface area (Å²) in [6, 6.07) is 17.7. The van der Waals surface area contributed by atoms with E-state index < -0.39 is 0 Å². The number of halogens is 1. The molecular weight excluding hydrogens is 340 g/mol. The Bertz CT molecular complexity index is 613. The van der Waals surface area contributed by atoms with Gasteiger partial charge in [-0.3, -0.25) is 10.1 Å². The molecular formula is C18H21BrN2O. The summed E-state index contributed by atoms with van der Waals surface area (Å²) in [5.74, 6) is 0.0511. The minimum absolute atomic E-state index is 0.0511. The Morgan fingerprint density at radius 1 is 1.05 bits per heavy atom. The number of nitrogens with zero attached hydrogens (tertiary/aromatic N) is 1. The van der Waals surface area contributed by atoms with Gasteiger partial charge in [0.05, 0.1) is 6.04 Å². The van der Waals surface area contributed by atoms with E-state index in [1.807, 2.05) is 49.4 Å². The van der Waals surface area contributed by atoms with E-state index in [2.05, 4.69) is 40.3 Å². The lowest BCUT2D eigenvalue weighted by atomic mass is 10.1. The van der Waals surface area contributed by atoms with E-state index in [1.165, 1.54) is 0 Å². The molecule has 0 unspecified atom stereocenters. The van der Waals surface area contributed by atoms with Crippen LogP contribution < -0.4 is 10.2 Å². The normalized spacial score (nSPS) is 13.5. The summed E-state index contributed by atoms with van der Waals surface area (Å²) >= 11 is 3.43. The topological polar surface area (TPSA) is 32.3 Å². The molecule has 0 bridgehead atoms.